The molecule has 0 saturated carbocycles. The second-order valence-corrected chi connectivity index (χ2v) is 4.34. The first-order chi connectivity index (χ1) is 7.69. The number of amides is 1. The van der Waals surface area contributed by atoms with Gasteiger partial charge in [0.1, 0.15) is 6.04 Å². The summed E-state index contributed by atoms with van der Waals surface area (Å²) in [6.45, 7) is 5.38. The molecule has 4 nitrogen and oxygen atoms in total. The Labute approximate surface area is 106 Å². The van der Waals surface area contributed by atoms with Crippen LogP contribution in [-0.2, 0) is 4.79 Å². The molecule has 0 bridgehead atoms. The number of halogens is 2. The van der Waals surface area contributed by atoms with Crippen LogP contribution in [0, 0.1) is 0 Å². The van der Waals surface area contributed by atoms with Gasteiger partial charge in [0, 0.05) is 43.3 Å². The lowest BCUT2D eigenvalue weighted by molar-refractivity contribution is -0.126. The number of carbonyl (C=O) groups is 1. The minimum Gasteiger partial charge on any atom is -0.355 e. The predicted molar refractivity (Wildman–Crippen MR) is 66.7 cm³/mol. The summed E-state index contributed by atoms with van der Waals surface area (Å²) in [7, 11) is 0. The molecule has 1 atom stereocenters. The van der Waals surface area contributed by atoms with Crippen LogP contribution in [0.1, 0.15) is 6.92 Å². The molecule has 0 aliphatic carbocycles. The van der Waals surface area contributed by atoms with E-state index < -0.39 is 0 Å². The van der Waals surface area contributed by atoms with Gasteiger partial charge < -0.3 is 10.6 Å². The maximum absolute atomic E-state index is 11.8. The maximum atomic E-state index is 11.8. The van der Waals surface area contributed by atoms with E-state index in [0.29, 0.717) is 24.7 Å². The third-order valence-corrected chi connectivity index (χ3v) is 3.08. The first-order valence-corrected chi connectivity index (χ1v) is 6.17. The lowest BCUT2D eigenvalue weighted by Gasteiger charge is -2.34. The average Bonchev–Trinajstić information content (AvgIpc) is 2.30. The molecule has 1 saturated heterocycles. The first-order valence-electron chi connectivity index (χ1n) is 5.36. The van der Waals surface area contributed by atoms with E-state index >= 15 is 0 Å². The molecule has 0 aromatic carbocycles. The van der Waals surface area contributed by atoms with Gasteiger partial charge in [-0.3, -0.25) is 9.69 Å². The van der Waals surface area contributed by atoms with Crippen LogP contribution in [-0.4, -0.2) is 49.6 Å². The summed E-state index contributed by atoms with van der Waals surface area (Å²) in [6, 6.07) is -0.168. The number of carbonyl (C=O) groups excluding carboxylic acids is 1. The molecule has 0 radical (unpaired) electrons. The first kappa shape index (κ1) is 13.8. The fourth-order valence-corrected chi connectivity index (χ4v) is 1.94. The fourth-order valence-electron chi connectivity index (χ4n) is 1.71. The zero-order valence-electron chi connectivity index (χ0n) is 9.30. The molecule has 16 heavy (non-hydrogen) atoms. The van der Waals surface area contributed by atoms with Crippen LogP contribution >= 0.6 is 23.2 Å². The second-order valence-electron chi connectivity index (χ2n) is 3.64. The molecular formula is C10H17Cl2N3O. The summed E-state index contributed by atoms with van der Waals surface area (Å²) in [5.74, 6) is 0.0359. The van der Waals surface area contributed by atoms with Gasteiger partial charge in [-0.1, -0.05) is 23.2 Å². The normalized spacial score (nSPS) is 23.2. The van der Waals surface area contributed by atoms with E-state index in [0.717, 1.165) is 13.1 Å². The Balaban J connectivity index is 2.59. The Morgan fingerprint density at radius 1 is 1.69 bits per heavy atom. The van der Waals surface area contributed by atoms with Crippen LogP contribution in [0.3, 0.4) is 0 Å². The lowest BCUT2D eigenvalue weighted by Crippen LogP contribution is -2.58. The number of nitrogens with zero attached hydrogens (tertiary/aromatic N) is 1. The summed E-state index contributed by atoms with van der Waals surface area (Å²) in [4.78, 5) is 13.8. The summed E-state index contributed by atoms with van der Waals surface area (Å²) in [5, 5.41) is 6.57. The van der Waals surface area contributed by atoms with Crippen molar-refractivity contribution in [1.29, 1.82) is 0 Å². The molecule has 0 aromatic heterocycles. The van der Waals surface area contributed by atoms with Gasteiger partial charge >= 0.3 is 0 Å². The monoisotopic (exact) mass is 265 g/mol. The zero-order chi connectivity index (χ0) is 12.0. The van der Waals surface area contributed by atoms with Crippen LogP contribution in [0.4, 0.5) is 0 Å². The number of hydrogen-bond donors (Lipinski definition) is 2. The topological polar surface area (TPSA) is 44.4 Å². The van der Waals surface area contributed by atoms with Crippen LogP contribution < -0.4 is 10.6 Å². The van der Waals surface area contributed by atoms with Crippen LogP contribution in [0.5, 0.6) is 0 Å². The number of hydrogen-bond acceptors (Lipinski definition) is 3. The van der Waals surface area contributed by atoms with Crippen LogP contribution in [0.25, 0.3) is 0 Å². The third-order valence-electron chi connectivity index (χ3n) is 2.48. The van der Waals surface area contributed by atoms with E-state index in [1.54, 1.807) is 0 Å². The van der Waals surface area contributed by atoms with E-state index in [2.05, 4.69) is 10.6 Å². The number of rotatable bonds is 4. The molecule has 2 N–H and O–H groups in total. The molecule has 6 heteroatoms. The van der Waals surface area contributed by atoms with Crippen LogP contribution in [0.15, 0.2) is 10.6 Å². The molecule has 1 aliphatic heterocycles. The Hall–Kier alpha value is -0.290. The van der Waals surface area contributed by atoms with Gasteiger partial charge in [-0.15, -0.1) is 0 Å². The molecule has 0 aromatic rings. The zero-order valence-corrected chi connectivity index (χ0v) is 10.8. The third kappa shape index (κ3) is 3.94. The molecule has 1 unspecified atom stereocenters. The quantitative estimate of drug-likeness (QED) is 0.788. The Morgan fingerprint density at radius 2 is 2.44 bits per heavy atom. The minimum absolute atomic E-state index is 0.0359. The van der Waals surface area contributed by atoms with Crippen molar-refractivity contribution in [3.8, 4) is 0 Å². The Morgan fingerprint density at radius 3 is 3.06 bits per heavy atom. The Kier molecular flexibility index (Phi) is 6.13. The Bertz CT molecular complexity index is 271. The van der Waals surface area contributed by atoms with Gasteiger partial charge in [0.25, 0.3) is 0 Å². The van der Waals surface area contributed by atoms with Crippen molar-refractivity contribution in [3.05, 3.63) is 10.6 Å². The van der Waals surface area contributed by atoms with Crippen molar-refractivity contribution in [2.75, 3.05) is 32.7 Å². The van der Waals surface area contributed by atoms with Gasteiger partial charge in [0.2, 0.25) is 5.91 Å². The average molecular weight is 266 g/mol. The van der Waals surface area contributed by atoms with E-state index in [1.807, 2.05) is 11.8 Å². The fraction of sp³-hybridized carbons (Fsp3) is 0.700. The largest absolute Gasteiger partial charge is 0.355 e. The van der Waals surface area contributed by atoms with E-state index in [9.17, 15) is 4.79 Å². The highest BCUT2D eigenvalue weighted by molar-refractivity contribution is 6.36. The maximum Gasteiger partial charge on any atom is 0.238 e. The molecule has 92 valence electrons. The van der Waals surface area contributed by atoms with Gasteiger partial charge in [0.15, 0.2) is 0 Å². The molecule has 1 amide bonds. The van der Waals surface area contributed by atoms with Gasteiger partial charge in [-0.05, 0) is 6.92 Å². The summed E-state index contributed by atoms with van der Waals surface area (Å²) in [5.41, 5.74) is 1.35. The second kappa shape index (κ2) is 7.12. The van der Waals surface area contributed by atoms with Gasteiger partial charge in [-0.2, -0.15) is 0 Å². The highest BCUT2D eigenvalue weighted by Gasteiger charge is 2.28. The van der Waals surface area contributed by atoms with E-state index in [4.69, 9.17) is 23.2 Å². The molecule has 1 rings (SSSR count). The minimum atomic E-state index is -0.168. The number of nitrogens with one attached hydrogen (secondary N) is 2. The molecule has 1 fully saturated rings. The van der Waals surface area contributed by atoms with Crippen molar-refractivity contribution in [2.24, 2.45) is 0 Å². The smallest absolute Gasteiger partial charge is 0.238 e. The lowest BCUT2D eigenvalue weighted by atomic mass is 10.1. The number of piperazine rings is 1. The standard InChI is InChI=1S/C10H17Cl2N3O/c1-2-14-10(16)9-6-13-3-4-15(9)7-8(12)5-11/h5,9,13H,2-4,6-7H2,1H3,(H,14,16). The summed E-state index contributed by atoms with van der Waals surface area (Å²) in [6.07, 6.45) is 0. The highest BCUT2D eigenvalue weighted by atomic mass is 35.5. The van der Waals surface area contributed by atoms with Crippen molar-refractivity contribution in [1.82, 2.24) is 15.5 Å². The molecular weight excluding hydrogens is 249 g/mol. The van der Waals surface area contributed by atoms with Gasteiger partial charge in [0.05, 0.1) is 0 Å². The SMILES string of the molecule is CCNC(=O)C1CNCCN1CC(Cl)=CCl. The molecule has 1 heterocycles. The summed E-state index contributed by atoms with van der Waals surface area (Å²) >= 11 is 11.4. The predicted octanol–water partition coefficient (Wildman–Crippen LogP) is 0.715. The summed E-state index contributed by atoms with van der Waals surface area (Å²) < 4.78 is 0. The van der Waals surface area contributed by atoms with Crippen molar-refractivity contribution in [2.45, 2.75) is 13.0 Å². The van der Waals surface area contributed by atoms with E-state index in [1.165, 1.54) is 5.54 Å². The van der Waals surface area contributed by atoms with Gasteiger partial charge in [-0.25, -0.2) is 0 Å². The van der Waals surface area contributed by atoms with Crippen molar-refractivity contribution in [3.63, 3.8) is 0 Å². The van der Waals surface area contributed by atoms with E-state index in [-0.39, 0.29) is 11.9 Å². The highest BCUT2D eigenvalue weighted by Crippen LogP contribution is 2.11. The molecule has 1 aliphatic rings. The molecule has 0 spiro atoms. The number of likely N-dealkylation sites (N-methyl/N-ethyl adjacent to an activating group) is 1. The van der Waals surface area contributed by atoms with Crippen molar-refractivity contribution < 1.29 is 4.79 Å². The van der Waals surface area contributed by atoms with Crippen molar-refractivity contribution >= 4 is 29.1 Å². The van der Waals surface area contributed by atoms with Crippen LogP contribution in [0.2, 0.25) is 0 Å².